The number of halogens is 1. The van der Waals surface area contributed by atoms with Gasteiger partial charge in [0.1, 0.15) is 12.4 Å². The van der Waals surface area contributed by atoms with Gasteiger partial charge in [-0.25, -0.2) is 14.8 Å². The van der Waals surface area contributed by atoms with Crippen LogP contribution in [0.3, 0.4) is 0 Å². The molecule has 3 N–H and O–H groups in total. The van der Waals surface area contributed by atoms with E-state index in [1.165, 1.54) is 0 Å². The van der Waals surface area contributed by atoms with E-state index in [0.717, 1.165) is 37.8 Å². The van der Waals surface area contributed by atoms with Gasteiger partial charge in [-0.2, -0.15) is 4.39 Å². The van der Waals surface area contributed by atoms with Crippen molar-refractivity contribution in [2.24, 2.45) is 11.8 Å². The molecule has 1 aliphatic carbocycles. The van der Waals surface area contributed by atoms with Gasteiger partial charge >= 0.3 is 6.09 Å². The maximum atomic E-state index is 15.5. The van der Waals surface area contributed by atoms with Crippen molar-refractivity contribution in [3.05, 3.63) is 47.5 Å². The van der Waals surface area contributed by atoms with Crippen molar-refractivity contribution in [3.63, 3.8) is 0 Å². The predicted molar refractivity (Wildman–Crippen MR) is 147 cm³/mol. The van der Waals surface area contributed by atoms with Crippen molar-refractivity contribution in [1.29, 1.82) is 0 Å². The zero-order valence-electron chi connectivity index (χ0n) is 23.1. The SMILES string of the molecule is Cc1nc(NNC(=O)[C@@H](CNC(=O)OCc2ccccc2)CC2CCCC2)c(F)c(N2CCN(C)[C@H](C)C2)n1. The number of carbonyl (C=O) groups excluding carboxylic acids is 2. The fraction of sp³-hybridized carbons (Fsp3) is 0.571. The highest BCUT2D eigenvalue weighted by Crippen LogP contribution is 2.30. The van der Waals surface area contributed by atoms with Gasteiger partial charge in [0.25, 0.3) is 0 Å². The Morgan fingerprint density at radius 3 is 2.62 bits per heavy atom. The molecule has 0 bridgehead atoms. The molecule has 0 radical (unpaired) electrons. The lowest BCUT2D eigenvalue weighted by atomic mass is 9.92. The van der Waals surface area contributed by atoms with E-state index in [9.17, 15) is 9.59 Å². The number of aryl methyl sites for hydroxylation is 1. The lowest BCUT2D eigenvalue weighted by Crippen LogP contribution is -2.50. The molecule has 212 valence electrons. The Morgan fingerprint density at radius 2 is 1.90 bits per heavy atom. The second-order valence-electron chi connectivity index (χ2n) is 10.7. The Balaban J connectivity index is 1.36. The van der Waals surface area contributed by atoms with Gasteiger partial charge in [0.05, 0.1) is 5.92 Å². The van der Waals surface area contributed by atoms with E-state index in [2.05, 4.69) is 38.0 Å². The molecule has 1 aromatic carbocycles. The molecule has 1 saturated heterocycles. The van der Waals surface area contributed by atoms with E-state index in [4.69, 9.17) is 4.74 Å². The summed E-state index contributed by atoms with van der Waals surface area (Å²) in [5.41, 5.74) is 6.20. The lowest BCUT2D eigenvalue weighted by Gasteiger charge is -2.38. The molecular weight excluding hydrogens is 501 g/mol. The van der Waals surface area contributed by atoms with Gasteiger partial charge in [-0.15, -0.1) is 0 Å². The van der Waals surface area contributed by atoms with Crippen LogP contribution in [0.1, 0.15) is 50.4 Å². The number of carbonyl (C=O) groups is 2. The molecule has 11 heteroatoms. The van der Waals surface area contributed by atoms with Gasteiger partial charge in [0.15, 0.2) is 11.6 Å². The summed E-state index contributed by atoms with van der Waals surface area (Å²) in [7, 11) is 2.05. The summed E-state index contributed by atoms with van der Waals surface area (Å²) in [6.45, 7) is 6.14. The maximum absolute atomic E-state index is 15.5. The number of rotatable bonds is 10. The molecule has 2 fully saturated rings. The lowest BCUT2D eigenvalue weighted by molar-refractivity contribution is -0.124. The normalized spacial score (nSPS) is 19.0. The number of anilines is 2. The number of piperazine rings is 1. The molecule has 1 saturated carbocycles. The maximum Gasteiger partial charge on any atom is 0.407 e. The van der Waals surface area contributed by atoms with E-state index >= 15 is 4.39 Å². The summed E-state index contributed by atoms with van der Waals surface area (Å²) in [4.78, 5) is 38.2. The standard InChI is InChI=1S/C28H40FN7O3/c1-19-17-36(14-13-35(19)3)26-24(29)25(31-20(2)32-26)33-34-27(37)23(15-21-9-7-8-10-21)16-30-28(38)39-18-22-11-5-4-6-12-22/h4-6,11-12,19,21,23H,7-10,13-18H2,1-3H3,(H,30,38)(H,34,37)(H,31,32,33)/t19-,23-/m1/s1. The van der Waals surface area contributed by atoms with Crippen molar-refractivity contribution in [1.82, 2.24) is 25.6 Å². The molecule has 4 rings (SSSR count). The summed E-state index contributed by atoms with van der Waals surface area (Å²) in [5.74, 6) is -0.485. The van der Waals surface area contributed by atoms with Gasteiger partial charge in [-0.3, -0.25) is 15.6 Å². The molecule has 2 atom stereocenters. The number of benzene rings is 1. The number of ether oxygens (including phenoxy) is 1. The third kappa shape index (κ3) is 8.01. The first-order valence-corrected chi connectivity index (χ1v) is 13.8. The van der Waals surface area contributed by atoms with Gasteiger partial charge < -0.3 is 19.9 Å². The van der Waals surface area contributed by atoms with Gasteiger partial charge in [-0.1, -0.05) is 56.0 Å². The summed E-state index contributed by atoms with van der Waals surface area (Å²) in [6, 6.07) is 9.65. The number of alkyl carbamates (subject to hydrolysis) is 1. The van der Waals surface area contributed by atoms with Crippen molar-refractivity contribution in [2.75, 3.05) is 43.6 Å². The van der Waals surface area contributed by atoms with Crippen LogP contribution in [0, 0.1) is 24.6 Å². The fourth-order valence-electron chi connectivity index (χ4n) is 5.21. The molecule has 2 aromatic rings. The van der Waals surface area contributed by atoms with Gasteiger partial charge in [0.2, 0.25) is 11.7 Å². The van der Waals surface area contributed by atoms with Crippen LogP contribution in [-0.2, 0) is 16.1 Å². The molecule has 10 nitrogen and oxygen atoms in total. The summed E-state index contributed by atoms with van der Waals surface area (Å²) in [5, 5.41) is 2.73. The number of likely N-dealkylation sites (N-methyl/N-ethyl adjacent to an activating group) is 1. The van der Waals surface area contributed by atoms with Crippen molar-refractivity contribution in [2.45, 2.75) is 58.6 Å². The van der Waals surface area contributed by atoms with E-state index in [1.807, 2.05) is 42.3 Å². The van der Waals surface area contributed by atoms with Crippen LogP contribution in [0.5, 0.6) is 0 Å². The Hall–Kier alpha value is -3.47. The molecular formula is C28H40FN7O3. The molecule has 1 aliphatic heterocycles. The minimum atomic E-state index is -0.604. The van der Waals surface area contributed by atoms with Gasteiger partial charge in [0, 0.05) is 32.2 Å². The zero-order chi connectivity index (χ0) is 27.8. The summed E-state index contributed by atoms with van der Waals surface area (Å²) >= 11 is 0. The molecule has 2 aliphatic rings. The van der Waals surface area contributed by atoms with Gasteiger partial charge in [-0.05, 0) is 38.8 Å². The topological polar surface area (TPSA) is 112 Å². The minimum absolute atomic E-state index is 0.0766. The monoisotopic (exact) mass is 541 g/mol. The van der Waals surface area contributed by atoms with Crippen LogP contribution >= 0.6 is 0 Å². The zero-order valence-corrected chi connectivity index (χ0v) is 23.1. The molecule has 0 unspecified atom stereocenters. The number of nitrogens with one attached hydrogen (secondary N) is 3. The van der Waals surface area contributed by atoms with E-state index < -0.39 is 17.8 Å². The highest BCUT2D eigenvalue weighted by atomic mass is 19.1. The predicted octanol–water partition coefficient (Wildman–Crippen LogP) is 3.63. The smallest absolute Gasteiger partial charge is 0.407 e. The Bertz CT molecular complexity index is 1110. The highest BCUT2D eigenvalue weighted by molar-refractivity contribution is 5.80. The third-order valence-corrected chi connectivity index (χ3v) is 7.68. The van der Waals surface area contributed by atoms with Crippen LogP contribution in [0.15, 0.2) is 30.3 Å². The average Bonchev–Trinajstić information content (AvgIpc) is 3.45. The van der Waals surface area contributed by atoms with E-state index in [0.29, 0.717) is 31.3 Å². The summed E-state index contributed by atoms with van der Waals surface area (Å²) < 4.78 is 20.8. The number of aromatic nitrogens is 2. The molecule has 1 aromatic heterocycles. The first-order valence-electron chi connectivity index (χ1n) is 13.8. The fourth-order valence-corrected chi connectivity index (χ4v) is 5.21. The molecule has 39 heavy (non-hydrogen) atoms. The number of hydrogen-bond acceptors (Lipinski definition) is 8. The third-order valence-electron chi connectivity index (χ3n) is 7.68. The molecule has 2 heterocycles. The molecule has 0 spiro atoms. The average molecular weight is 542 g/mol. The second kappa shape index (κ2) is 13.5. The quantitative estimate of drug-likeness (QED) is 0.391. The summed E-state index contributed by atoms with van der Waals surface area (Å²) in [6.07, 6.45) is 4.44. The number of amides is 2. The van der Waals surface area contributed by atoms with Crippen molar-refractivity contribution < 1.29 is 18.7 Å². The largest absolute Gasteiger partial charge is 0.445 e. The van der Waals surface area contributed by atoms with E-state index in [1.54, 1.807) is 6.92 Å². The van der Waals surface area contributed by atoms with Crippen LogP contribution in [-0.4, -0.2) is 66.1 Å². The van der Waals surface area contributed by atoms with Crippen LogP contribution in [0.2, 0.25) is 0 Å². The molecule has 2 amide bonds. The van der Waals surface area contributed by atoms with E-state index in [-0.39, 0.29) is 36.7 Å². The first-order chi connectivity index (χ1) is 18.8. The van der Waals surface area contributed by atoms with Crippen LogP contribution in [0.25, 0.3) is 0 Å². The number of nitrogens with zero attached hydrogens (tertiary/aromatic N) is 4. The van der Waals surface area contributed by atoms with Crippen molar-refractivity contribution >= 4 is 23.6 Å². The Labute approximate surface area is 229 Å². The highest BCUT2D eigenvalue weighted by Gasteiger charge is 2.28. The van der Waals surface area contributed by atoms with Crippen LogP contribution in [0.4, 0.5) is 20.8 Å². The minimum Gasteiger partial charge on any atom is -0.445 e. The van der Waals surface area contributed by atoms with Crippen molar-refractivity contribution in [3.8, 4) is 0 Å². The number of hydrazine groups is 1. The number of hydrogen-bond donors (Lipinski definition) is 3. The van der Waals surface area contributed by atoms with Crippen LogP contribution < -0.4 is 21.1 Å². The second-order valence-corrected chi connectivity index (χ2v) is 10.7. The Morgan fingerprint density at radius 1 is 1.15 bits per heavy atom. The Kier molecular flexibility index (Phi) is 9.91. The first kappa shape index (κ1) is 28.5.